The second kappa shape index (κ2) is 8.22. The van der Waals surface area contributed by atoms with Crippen LogP contribution in [0.1, 0.15) is 6.92 Å². The van der Waals surface area contributed by atoms with Crippen LogP contribution in [-0.2, 0) is 9.53 Å². The fraction of sp³-hybridized carbons (Fsp3) is 0.533. The average Bonchev–Trinajstić information content (AvgIpc) is 2.48. The zero-order valence-corrected chi connectivity index (χ0v) is 12.9. The van der Waals surface area contributed by atoms with Crippen LogP contribution in [0.15, 0.2) is 24.3 Å². The molecule has 1 aliphatic heterocycles. The van der Waals surface area contributed by atoms with Crippen molar-refractivity contribution in [2.45, 2.75) is 13.0 Å². The molecule has 0 radical (unpaired) electrons. The van der Waals surface area contributed by atoms with Gasteiger partial charge in [-0.3, -0.25) is 9.69 Å². The highest BCUT2D eigenvalue weighted by Gasteiger charge is 2.15. The number of morpholine rings is 1. The van der Waals surface area contributed by atoms with Crippen LogP contribution in [0, 0.1) is 0 Å². The van der Waals surface area contributed by atoms with Crippen LogP contribution >= 0.6 is 11.6 Å². The van der Waals surface area contributed by atoms with E-state index in [1.54, 1.807) is 31.2 Å². The fourth-order valence-corrected chi connectivity index (χ4v) is 2.28. The van der Waals surface area contributed by atoms with Crippen LogP contribution in [-0.4, -0.2) is 56.3 Å². The molecular formula is C15H21ClN2O3. The molecule has 0 aliphatic carbocycles. The molecule has 1 amide bonds. The molecule has 1 aliphatic rings. The molecule has 116 valence electrons. The van der Waals surface area contributed by atoms with E-state index < -0.39 is 6.10 Å². The van der Waals surface area contributed by atoms with E-state index in [2.05, 4.69) is 10.2 Å². The van der Waals surface area contributed by atoms with Crippen molar-refractivity contribution in [2.75, 3.05) is 39.4 Å². The molecule has 0 unspecified atom stereocenters. The molecule has 5 nitrogen and oxygen atoms in total. The van der Waals surface area contributed by atoms with Gasteiger partial charge in [0.15, 0.2) is 6.10 Å². The first-order chi connectivity index (χ1) is 10.1. The normalized spacial score (nSPS) is 17.2. The van der Waals surface area contributed by atoms with Crippen LogP contribution in [0.5, 0.6) is 5.75 Å². The standard InChI is InChI=1S/C15H21ClN2O3/c1-12(21-14-4-2-3-13(16)11-14)15(19)17-5-6-18-7-9-20-10-8-18/h2-4,11-12H,5-10H2,1H3,(H,17,19)/t12-/m1/s1. The van der Waals surface area contributed by atoms with Gasteiger partial charge in [-0.1, -0.05) is 17.7 Å². The first-order valence-corrected chi connectivity index (χ1v) is 7.53. The van der Waals surface area contributed by atoms with E-state index in [0.29, 0.717) is 17.3 Å². The maximum Gasteiger partial charge on any atom is 0.260 e. The maximum atomic E-state index is 12.0. The van der Waals surface area contributed by atoms with Crippen LogP contribution in [0.25, 0.3) is 0 Å². The number of rotatable bonds is 6. The number of halogens is 1. The monoisotopic (exact) mass is 312 g/mol. The number of hydrogen-bond acceptors (Lipinski definition) is 4. The number of carbonyl (C=O) groups excluding carboxylic acids is 1. The van der Waals surface area contributed by atoms with Crippen molar-refractivity contribution in [3.05, 3.63) is 29.3 Å². The van der Waals surface area contributed by atoms with Crippen molar-refractivity contribution in [3.8, 4) is 5.75 Å². The van der Waals surface area contributed by atoms with Gasteiger partial charge in [-0.25, -0.2) is 0 Å². The third-order valence-corrected chi connectivity index (χ3v) is 3.54. The summed E-state index contributed by atoms with van der Waals surface area (Å²) >= 11 is 5.88. The number of amides is 1. The molecule has 21 heavy (non-hydrogen) atoms. The van der Waals surface area contributed by atoms with Crippen molar-refractivity contribution in [3.63, 3.8) is 0 Å². The smallest absolute Gasteiger partial charge is 0.260 e. The summed E-state index contributed by atoms with van der Waals surface area (Å²) in [6.07, 6.45) is -0.548. The number of hydrogen-bond donors (Lipinski definition) is 1. The van der Waals surface area contributed by atoms with Gasteiger partial charge in [-0.15, -0.1) is 0 Å². The summed E-state index contributed by atoms with van der Waals surface area (Å²) in [5, 5.41) is 3.48. The van der Waals surface area contributed by atoms with Crippen molar-refractivity contribution >= 4 is 17.5 Å². The van der Waals surface area contributed by atoms with Crippen LogP contribution in [0.2, 0.25) is 5.02 Å². The van der Waals surface area contributed by atoms with E-state index in [9.17, 15) is 4.79 Å². The Labute approximate surface area is 130 Å². The third kappa shape index (κ3) is 5.53. The average molecular weight is 313 g/mol. The molecule has 1 N–H and O–H groups in total. The van der Waals surface area contributed by atoms with Crippen molar-refractivity contribution in [1.82, 2.24) is 10.2 Å². The summed E-state index contributed by atoms with van der Waals surface area (Å²) in [5.41, 5.74) is 0. The molecule has 1 aromatic rings. The summed E-state index contributed by atoms with van der Waals surface area (Å²) in [7, 11) is 0. The molecule has 1 heterocycles. The largest absolute Gasteiger partial charge is 0.481 e. The van der Waals surface area contributed by atoms with Gasteiger partial charge < -0.3 is 14.8 Å². The minimum atomic E-state index is -0.548. The van der Waals surface area contributed by atoms with E-state index >= 15 is 0 Å². The highest BCUT2D eigenvalue weighted by molar-refractivity contribution is 6.30. The van der Waals surface area contributed by atoms with E-state index in [1.807, 2.05) is 0 Å². The second-order valence-electron chi connectivity index (χ2n) is 4.96. The molecule has 1 saturated heterocycles. The van der Waals surface area contributed by atoms with Gasteiger partial charge in [0.1, 0.15) is 5.75 Å². The first-order valence-electron chi connectivity index (χ1n) is 7.15. The predicted molar refractivity (Wildman–Crippen MR) is 81.8 cm³/mol. The maximum absolute atomic E-state index is 12.0. The van der Waals surface area contributed by atoms with Gasteiger partial charge in [0, 0.05) is 31.2 Å². The number of ether oxygens (including phenoxy) is 2. The van der Waals surface area contributed by atoms with E-state index in [0.717, 1.165) is 32.8 Å². The Morgan fingerprint density at radius 1 is 1.48 bits per heavy atom. The summed E-state index contributed by atoms with van der Waals surface area (Å²) in [6, 6.07) is 7.03. The van der Waals surface area contributed by atoms with Crippen LogP contribution in [0.4, 0.5) is 0 Å². The van der Waals surface area contributed by atoms with Gasteiger partial charge in [0.05, 0.1) is 13.2 Å². The molecule has 1 fully saturated rings. The number of benzene rings is 1. The minimum Gasteiger partial charge on any atom is -0.481 e. The van der Waals surface area contributed by atoms with Gasteiger partial charge in [-0.05, 0) is 25.1 Å². The Morgan fingerprint density at radius 3 is 2.95 bits per heavy atom. The lowest BCUT2D eigenvalue weighted by Crippen LogP contribution is -2.43. The van der Waals surface area contributed by atoms with Gasteiger partial charge in [-0.2, -0.15) is 0 Å². The molecule has 0 bridgehead atoms. The first kappa shape index (κ1) is 16.1. The highest BCUT2D eigenvalue weighted by atomic mass is 35.5. The topological polar surface area (TPSA) is 50.8 Å². The Balaban J connectivity index is 1.69. The fourth-order valence-electron chi connectivity index (χ4n) is 2.10. The van der Waals surface area contributed by atoms with E-state index in [4.69, 9.17) is 21.1 Å². The van der Waals surface area contributed by atoms with Crippen molar-refractivity contribution in [1.29, 1.82) is 0 Å². The summed E-state index contributed by atoms with van der Waals surface area (Å²) < 4.78 is 10.9. The Morgan fingerprint density at radius 2 is 2.24 bits per heavy atom. The number of carbonyl (C=O) groups is 1. The lowest BCUT2D eigenvalue weighted by atomic mass is 10.3. The number of nitrogens with zero attached hydrogens (tertiary/aromatic N) is 1. The quantitative estimate of drug-likeness (QED) is 0.866. The molecule has 2 rings (SSSR count). The number of nitrogens with one attached hydrogen (secondary N) is 1. The molecule has 1 atom stereocenters. The predicted octanol–water partition coefficient (Wildman–Crippen LogP) is 1.56. The molecule has 0 spiro atoms. The zero-order valence-electron chi connectivity index (χ0n) is 12.2. The lowest BCUT2D eigenvalue weighted by Gasteiger charge is -2.26. The van der Waals surface area contributed by atoms with Gasteiger partial charge in [0.2, 0.25) is 0 Å². The molecule has 1 aromatic carbocycles. The van der Waals surface area contributed by atoms with Gasteiger partial charge >= 0.3 is 0 Å². The Kier molecular flexibility index (Phi) is 6.29. The SMILES string of the molecule is C[C@@H](Oc1cccc(Cl)c1)C(=O)NCCN1CCOCC1. The van der Waals surface area contributed by atoms with E-state index in [1.165, 1.54) is 0 Å². The molecule has 6 heteroatoms. The van der Waals surface area contributed by atoms with Crippen molar-refractivity contribution in [2.24, 2.45) is 0 Å². The van der Waals surface area contributed by atoms with E-state index in [-0.39, 0.29) is 5.91 Å². The molecular weight excluding hydrogens is 292 g/mol. The minimum absolute atomic E-state index is 0.122. The summed E-state index contributed by atoms with van der Waals surface area (Å²) in [4.78, 5) is 14.2. The lowest BCUT2D eigenvalue weighted by molar-refractivity contribution is -0.127. The summed E-state index contributed by atoms with van der Waals surface area (Å²) in [6.45, 7) is 6.55. The highest BCUT2D eigenvalue weighted by Crippen LogP contribution is 2.18. The molecule has 0 saturated carbocycles. The third-order valence-electron chi connectivity index (χ3n) is 3.31. The molecule has 0 aromatic heterocycles. The summed E-state index contributed by atoms with van der Waals surface area (Å²) in [5.74, 6) is 0.474. The van der Waals surface area contributed by atoms with Crippen molar-refractivity contribution < 1.29 is 14.3 Å². The van der Waals surface area contributed by atoms with Gasteiger partial charge in [0.25, 0.3) is 5.91 Å². The second-order valence-corrected chi connectivity index (χ2v) is 5.40. The Bertz CT molecular complexity index is 464. The van der Waals surface area contributed by atoms with Crippen LogP contribution in [0.3, 0.4) is 0 Å². The Hall–Kier alpha value is -1.30. The van der Waals surface area contributed by atoms with Crippen LogP contribution < -0.4 is 10.1 Å². The zero-order chi connectivity index (χ0) is 15.1.